The number of rotatable bonds is 9. The number of amides is 2. The zero-order valence-corrected chi connectivity index (χ0v) is 19.6. The molecule has 0 saturated carbocycles. The Balaban J connectivity index is 1.96. The van der Waals surface area contributed by atoms with Crippen LogP contribution in [-0.2, 0) is 14.3 Å². The molecule has 2 aromatic carbocycles. The Hall–Kier alpha value is -3.19. The van der Waals surface area contributed by atoms with Crippen molar-refractivity contribution < 1.29 is 19.1 Å². The van der Waals surface area contributed by atoms with Gasteiger partial charge in [0.05, 0.1) is 6.54 Å². The molecule has 172 valence electrons. The Morgan fingerprint density at radius 1 is 0.875 bits per heavy atom. The van der Waals surface area contributed by atoms with E-state index in [-0.39, 0.29) is 24.9 Å². The van der Waals surface area contributed by atoms with Crippen LogP contribution in [0.15, 0.2) is 54.6 Å². The number of nitrogens with zero attached hydrogens (tertiary/aromatic N) is 2. The van der Waals surface area contributed by atoms with Crippen molar-refractivity contribution in [1.29, 1.82) is 0 Å². The maximum absolute atomic E-state index is 12.7. The van der Waals surface area contributed by atoms with Crippen LogP contribution in [0.1, 0.15) is 31.1 Å². The average molecular weight is 440 g/mol. The molecule has 0 unspecified atom stereocenters. The summed E-state index contributed by atoms with van der Waals surface area (Å²) in [5.74, 6) is -1.16. The second-order valence-electron chi connectivity index (χ2n) is 8.83. The van der Waals surface area contributed by atoms with Gasteiger partial charge in [0.25, 0.3) is 5.91 Å². The molecular formula is C25H33N3O4. The Labute approximate surface area is 190 Å². The average Bonchev–Trinajstić information content (AvgIpc) is 2.74. The lowest BCUT2D eigenvalue weighted by atomic mass is 10.0. The van der Waals surface area contributed by atoms with Crippen LogP contribution >= 0.6 is 0 Å². The Bertz CT molecular complexity index is 903. The Morgan fingerprint density at radius 3 is 2.03 bits per heavy atom. The number of carbonyl (C=O) groups excluding carboxylic acids is 3. The van der Waals surface area contributed by atoms with Crippen molar-refractivity contribution in [3.8, 4) is 11.1 Å². The molecule has 7 heteroatoms. The lowest BCUT2D eigenvalue weighted by Gasteiger charge is -2.26. The molecule has 0 aliphatic rings. The topological polar surface area (TPSA) is 79.0 Å². The molecule has 2 amide bonds. The van der Waals surface area contributed by atoms with Crippen molar-refractivity contribution in [2.45, 2.75) is 26.4 Å². The number of nitrogens with one attached hydrogen (secondary N) is 1. The molecule has 0 aromatic heterocycles. The highest BCUT2D eigenvalue weighted by Gasteiger charge is 2.22. The standard InChI is InChI=1S/C25H33N3O4/c1-25(2,3)32-23(30)18-28(16-15-27(4)5)22(29)17-26-24(31)21-13-11-20(12-14-21)19-9-7-6-8-10-19/h6-14H,15-18H2,1-5H3,(H,26,31). The van der Waals surface area contributed by atoms with Crippen LogP contribution in [0.25, 0.3) is 11.1 Å². The van der Waals surface area contributed by atoms with E-state index in [1.54, 1.807) is 32.9 Å². The van der Waals surface area contributed by atoms with E-state index in [0.29, 0.717) is 18.7 Å². The van der Waals surface area contributed by atoms with Gasteiger partial charge in [-0.05, 0) is 58.1 Å². The van der Waals surface area contributed by atoms with Crippen molar-refractivity contribution >= 4 is 17.8 Å². The van der Waals surface area contributed by atoms with E-state index in [9.17, 15) is 14.4 Å². The summed E-state index contributed by atoms with van der Waals surface area (Å²) in [6, 6.07) is 17.1. The van der Waals surface area contributed by atoms with Gasteiger partial charge in [-0.2, -0.15) is 0 Å². The fourth-order valence-electron chi connectivity index (χ4n) is 2.96. The zero-order chi connectivity index (χ0) is 23.7. The van der Waals surface area contributed by atoms with Crippen LogP contribution in [0.5, 0.6) is 0 Å². The number of esters is 1. The van der Waals surface area contributed by atoms with Crippen molar-refractivity contribution in [3.63, 3.8) is 0 Å². The van der Waals surface area contributed by atoms with E-state index >= 15 is 0 Å². The summed E-state index contributed by atoms with van der Waals surface area (Å²) in [5.41, 5.74) is 1.90. The third-order valence-electron chi connectivity index (χ3n) is 4.56. The predicted molar refractivity (Wildman–Crippen MR) is 125 cm³/mol. The molecular weight excluding hydrogens is 406 g/mol. The second-order valence-corrected chi connectivity index (χ2v) is 8.83. The monoisotopic (exact) mass is 439 g/mol. The minimum Gasteiger partial charge on any atom is -0.459 e. The molecule has 0 atom stereocenters. The van der Waals surface area contributed by atoms with Crippen molar-refractivity contribution in [2.24, 2.45) is 0 Å². The molecule has 0 radical (unpaired) electrons. The maximum Gasteiger partial charge on any atom is 0.326 e. The van der Waals surface area contributed by atoms with Gasteiger partial charge in [-0.3, -0.25) is 14.4 Å². The molecule has 32 heavy (non-hydrogen) atoms. The van der Waals surface area contributed by atoms with E-state index in [1.807, 2.05) is 61.5 Å². The molecule has 7 nitrogen and oxygen atoms in total. The van der Waals surface area contributed by atoms with Crippen LogP contribution in [0.4, 0.5) is 0 Å². The quantitative estimate of drug-likeness (QED) is 0.608. The fraction of sp³-hybridized carbons (Fsp3) is 0.400. The van der Waals surface area contributed by atoms with Gasteiger partial charge in [-0.15, -0.1) is 0 Å². The summed E-state index contributed by atoms with van der Waals surface area (Å²) >= 11 is 0. The van der Waals surface area contributed by atoms with Gasteiger partial charge in [0.15, 0.2) is 0 Å². The fourth-order valence-corrected chi connectivity index (χ4v) is 2.96. The highest BCUT2D eigenvalue weighted by molar-refractivity contribution is 5.97. The summed E-state index contributed by atoms with van der Waals surface area (Å²) in [5, 5.41) is 2.65. The highest BCUT2D eigenvalue weighted by atomic mass is 16.6. The molecule has 2 aromatic rings. The number of ether oxygens (including phenoxy) is 1. The van der Waals surface area contributed by atoms with Gasteiger partial charge in [-0.25, -0.2) is 0 Å². The number of benzene rings is 2. The third-order valence-corrected chi connectivity index (χ3v) is 4.56. The predicted octanol–water partition coefficient (Wildman–Crippen LogP) is 2.82. The molecule has 0 saturated heterocycles. The van der Waals surface area contributed by atoms with Gasteiger partial charge < -0.3 is 19.9 Å². The normalized spacial score (nSPS) is 11.2. The third kappa shape index (κ3) is 8.51. The first kappa shape index (κ1) is 25.1. The molecule has 0 heterocycles. The lowest BCUT2D eigenvalue weighted by molar-refractivity contribution is -0.158. The molecule has 0 fully saturated rings. The van der Waals surface area contributed by atoms with E-state index in [1.165, 1.54) is 4.90 Å². The van der Waals surface area contributed by atoms with Gasteiger partial charge >= 0.3 is 5.97 Å². The van der Waals surface area contributed by atoms with E-state index in [2.05, 4.69) is 5.32 Å². The van der Waals surface area contributed by atoms with Gasteiger partial charge in [0, 0.05) is 18.7 Å². The van der Waals surface area contributed by atoms with Crippen molar-refractivity contribution in [1.82, 2.24) is 15.1 Å². The number of carbonyl (C=O) groups is 3. The minimum atomic E-state index is -0.631. The minimum absolute atomic E-state index is 0.161. The van der Waals surface area contributed by atoms with Crippen LogP contribution < -0.4 is 5.32 Å². The summed E-state index contributed by atoms with van der Waals surface area (Å²) in [7, 11) is 3.77. The van der Waals surface area contributed by atoms with E-state index in [0.717, 1.165) is 11.1 Å². The summed E-state index contributed by atoms with van der Waals surface area (Å²) < 4.78 is 5.33. The van der Waals surface area contributed by atoms with E-state index in [4.69, 9.17) is 4.74 Å². The molecule has 1 N–H and O–H groups in total. The number of likely N-dealkylation sites (N-methyl/N-ethyl adjacent to an activating group) is 1. The molecule has 0 aliphatic heterocycles. The maximum atomic E-state index is 12.7. The summed E-state index contributed by atoms with van der Waals surface area (Å²) in [6.45, 7) is 5.91. The van der Waals surface area contributed by atoms with Crippen LogP contribution in [0.2, 0.25) is 0 Å². The Kier molecular flexibility index (Phi) is 8.96. The molecule has 2 rings (SSSR count). The number of hydrogen-bond acceptors (Lipinski definition) is 5. The largest absolute Gasteiger partial charge is 0.459 e. The number of hydrogen-bond donors (Lipinski definition) is 1. The summed E-state index contributed by atoms with van der Waals surface area (Å²) in [6.07, 6.45) is 0. The molecule has 0 aliphatic carbocycles. The van der Waals surface area contributed by atoms with Crippen molar-refractivity contribution in [3.05, 3.63) is 60.2 Å². The SMILES string of the molecule is CN(C)CCN(CC(=O)OC(C)(C)C)C(=O)CNC(=O)c1ccc(-c2ccccc2)cc1. The first-order valence-corrected chi connectivity index (χ1v) is 10.6. The first-order valence-electron chi connectivity index (χ1n) is 10.6. The molecule has 0 bridgehead atoms. The van der Waals surface area contributed by atoms with Gasteiger partial charge in [0.2, 0.25) is 5.91 Å². The first-order chi connectivity index (χ1) is 15.0. The van der Waals surface area contributed by atoms with Crippen LogP contribution in [0, 0.1) is 0 Å². The molecule has 0 spiro atoms. The zero-order valence-electron chi connectivity index (χ0n) is 19.6. The van der Waals surface area contributed by atoms with E-state index < -0.39 is 11.6 Å². The van der Waals surface area contributed by atoms with Gasteiger partial charge in [-0.1, -0.05) is 42.5 Å². The smallest absolute Gasteiger partial charge is 0.326 e. The summed E-state index contributed by atoms with van der Waals surface area (Å²) in [4.78, 5) is 40.8. The highest BCUT2D eigenvalue weighted by Crippen LogP contribution is 2.19. The lowest BCUT2D eigenvalue weighted by Crippen LogP contribution is -2.46. The van der Waals surface area contributed by atoms with Crippen LogP contribution in [-0.4, -0.2) is 73.5 Å². The van der Waals surface area contributed by atoms with Crippen molar-refractivity contribution in [2.75, 3.05) is 40.3 Å². The van der Waals surface area contributed by atoms with Gasteiger partial charge in [0.1, 0.15) is 12.1 Å². The second kappa shape index (κ2) is 11.4. The Morgan fingerprint density at radius 2 is 1.47 bits per heavy atom. The van der Waals surface area contributed by atoms with Crippen LogP contribution in [0.3, 0.4) is 0 Å².